The Balaban J connectivity index is 0.000000170. The number of hydrogen-bond donors (Lipinski definition) is 3. The largest absolute Gasteiger partial charge is 0.373 e. The van der Waals surface area contributed by atoms with Gasteiger partial charge in [0.2, 0.25) is 0 Å². The quantitative estimate of drug-likeness (QED) is 0.0842. The standard InChI is InChI=1S/C23H31BrN2Si.C21H18ClN3.C7H8ClN/c1-16(2)27(17(3)4,18(5)6)26-15-20(21-9-7-8-10-22(21)26)13-19-11-12-23(24)25-14-19;22-18-5-3-4-15(11-18)12-24-21-9-8-16(13-25-21)10-17-14-23-20-7-2-1-6-19(17)20;8-7-3-1-2-6(4-7)5-9/h7-12,14-18H,13H2,1-6H3;1-9,11,13-14,23H,10,12H2,(H,24,25);1-4H,5,9H2. The number of para-hydroxylation sites is 2. The van der Waals surface area contributed by atoms with Gasteiger partial charge in [0.05, 0.1) is 0 Å². The summed E-state index contributed by atoms with van der Waals surface area (Å²) in [5.41, 5.74) is 17.3. The molecule has 0 aliphatic rings. The number of aromatic amines is 1. The molecular weight excluding hydrogens is 875 g/mol. The summed E-state index contributed by atoms with van der Waals surface area (Å²) in [5, 5.41) is 7.48. The first-order chi connectivity index (χ1) is 29.4. The maximum atomic E-state index is 6.01. The molecule has 4 N–H and O–H groups in total. The van der Waals surface area contributed by atoms with Crippen molar-refractivity contribution in [3.8, 4) is 0 Å². The van der Waals surface area contributed by atoms with E-state index in [9.17, 15) is 0 Å². The summed E-state index contributed by atoms with van der Waals surface area (Å²) < 4.78 is 3.61. The van der Waals surface area contributed by atoms with E-state index in [-0.39, 0.29) is 0 Å². The zero-order chi connectivity index (χ0) is 43.5. The molecule has 0 atom stereocenters. The van der Waals surface area contributed by atoms with Gasteiger partial charge in [-0.15, -0.1) is 0 Å². The predicted octanol–water partition coefficient (Wildman–Crippen LogP) is 14.6. The molecule has 0 saturated heterocycles. The molecule has 6 nitrogen and oxygen atoms in total. The first kappa shape index (κ1) is 45.8. The van der Waals surface area contributed by atoms with Crippen molar-refractivity contribution in [3.05, 3.63) is 194 Å². The van der Waals surface area contributed by atoms with Gasteiger partial charge in [-0.2, -0.15) is 0 Å². The van der Waals surface area contributed by atoms with Crippen molar-refractivity contribution in [1.82, 2.24) is 19.2 Å². The SMILES string of the molecule is CC(C)[Si](C(C)C)(C(C)C)n1cc(Cc2ccc(Br)nc2)c2ccccc21.Clc1cccc(CNc2ccc(Cc3c[nH]c4ccccc34)cn2)c1.NCc1cccc(Cl)c1. The Bertz CT molecular complexity index is 2600. The van der Waals surface area contributed by atoms with Gasteiger partial charge in [0.15, 0.2) is 8.24 Å². The lowest BCUT2D eigenvalue weighted by Gasteiger charge is -2.44. The number of fused-ring (bicyclic) bond motifs is 2. The lowest BCUT2D eigenvalue weighted by atomic mass is 10.1. The van der Waals surface area contributed by atoms with E-state index in [2.05, 4.69) is 149 Å². The monoisotopic (exact) mass is 930 g/mol. The Morgan fingerprint density at radius 1 is 0.656 bits per heavy atom. The number of aromatic nitrogens is 4. The van der Waals surface area contributed by atoms with Crippen molar-refractivity contribution in [1.29, 1.82) is 0 Å². The molecule has 8 aromatic rings. The third kappa shape index (κ3) is 11.4. The molecule has 4 aromatic heterocycles. The van der Waals surface area contributed by atoms with Crippen molar-refractivity contribution in [2.24, 2.45) is 5.73 Å². The highest BCUT2D eigenvalue weighted by atomic mass is 79.9. The van der Waals surface area contributed by atoms with Crippen LogP contribution in [0, 0.1) is 0 Å². The highest BCUT2D eigenvalue weighted by molar-refractivity contribution is 9.10. The van der Waals surface area contributed by atoms with Gasteiger partial charge in [0.25, 0.3) is 0 Å². The molecule has 0 unspecified atom stereocenters. The Morgan fingerprint density at radius 2 is 1.25 bits per heavy atom. The van der Waals surface area contributed by atoms with Gasteiger partial charge >= 0.3 is 0 Å². The Kier molecular flexibility index (Phi) is 16.1. The van der Waals surface area contributed by atoms with E-state index in [1.54, 1.807) is 0 Å². The van der Waals surface area contributed by atoms with Gasteiger partial charge in [0.1, 0.15) is 10.4 Å². The van der Waals surface area contributed by atoms with Crippen LogP contribution in [-0.2, 0) is 25.9 Å². The van der Waals surface area contributed by atoms with Gasteiger partial charge in [-0.1, -0.05) is 138 Å². The predicted molar refractivity (Wildman–Crippen MR) is 267 cm³/mol. The first-order valence-electron chi connectivity index (χ1n) is 21.0. The molecule has 4 aromatic carbocycles. The summed E-state index contributed by atoms with van der Waals surface area (Å²) >= 11 is 15.1. The Morgan fingerprint density at radius 3 is 1.84 bits per heavy atom. The minimum Gasteiger partial charge on any atom is -0.373 e. The Hall–Kier alpha value is -4.70. The average molecular weight is 933 g/mol. The lowest BCUT2D eigenvalue weighted by Crippen LogP contribution is -2.51. The van der Waals surface area contributed by atoms with E-state index in [4.69, 9.17) is 28.9 Å². The average Bonchev–Trinajstić information content (AvgIpc) is 3.83. The Labute approximate surface area is 381 Å². The molecule has 8 rings (SSSR count). The second-order valence-corrected chi connectivity index (χ2v) is 23.9. The smallest absolute Gasteiger partial charge is 0.169 e. The number of nitrogens with one attached hydrogen (secondary N) is 2. The fraction of sp³-hybridized carbons (Fsp3) is 0.255. The normalized spacial score (nSPS) is 11.5. The number of anilines is 1. The molecule has 316 valence electrons. The molecule has 0 amide bonds. The van der Waals surface area contributed by atoms with Gasteiger partial charge in [-0.25, -0.2) is 9.97 Å². The van der Waals surface area contributed by atoms with Gasteiger partial charge in [0, 0.05) is 76.4 Å². The lowest BCUT2D eigenvalue weighted by molar-refractivity contribution is 0.772. The maximum Gasteiger partial charge on any atom is 0.169 e. The van der Waals surface area contributed by atoms with Gasteiger partial charge in [-0.3, -0.25) is 0 Å². The number of H-pyrrole nitrogens is 1. The summed E-state index contributed by atoms with van der Waals surface area (Å²) in [5.74, 6) is 0.864. The molecule has 0 spiro atoms. The van der Waals surface area contributed by atoms with Crippen molar-refractivity contribution in [2.45, 2.75) is 84.1 Å². The second-order valence-electron chi connectivity index (χ2n) is 16.5. The number of halogens is 3. The molecule has 0 aliphatic carbocycles. The third-order valence-corrected chi connectivity index (χ3v) is 19.2. The van der Waals surface area contributed by atoms with Crippen LogP contribution in [0.25, 0.3) is 21.8 Å². The van der Waals surface area contributed by atoms with E-state index in [0.717, 1.165) is 44.4 Å². The van der Waals surface area contributed by atoms with E-state index in [1.165, 1.54) is 44.1 Å². The zero-order valence-electron chi connectivity index (χ0n) is 36.0. The molecule has 0 aliphatic heterocycles. The van der Waals surface area contributed by atoms with Crippen LogP contribution in [-0.4, -0.2) is 27.4 Å². The van der Waals surface area contributed by atoms with Crippen molar-refractivity contribution in [2.75, 3.05) is 5.32 Å². The molecule has 10 heteroatoms. The highest BCUT2D eigenvalue weighted by Crippen LogP contribution is 2.45. The molecule has 4 heterocycles. The summed E-state index contributed by atoms with van der Waals surface area (Å²) in [6, 6.07) is 41.0. The van der Waals surface area contributed by atoms with Crippen LogP contribution < -0.4 is 11.1 Å². The highest BCUT2D eigenvalue weighted by Gasteiger charge is 2.46. The van der Waals surface area contributed by atoms with Crippen molar-refractivity contribution in [3.63, 3.8) is 0 Å². The van der Waals surface area contributed by atoms with E-state index >= 15 is 0 Å². The first-order valence-corrected chi connectivity index (χ1v) is 24.7. The molecule has 0 bridgehead atoms. The van der Waals surface area contributed by atoms with E-state index in [0.29, 0.717) is 29.7 Å². The van der Waals surface area contributed by atoms with Crippen molar-refractivity contribution >= 4 is 75.0 Å². The van der Waals surface area contributed by atoms with Crippen LogP contribution in [0.3, 0.4) is 0 Å². The summed E-state index contributed by atoms with van der Waals surface area (Å²) in [6.45, 7) is 15.8. The number of nitrogens with two attached hydrogens (primary N) is 1. The number of benzene rings is 4. The maximum absolute atomic E-state index is 6.01. The minimum absolute atomic E-state index is 0.556. The van der Waals surface area contributed by atoms with Crippen LogP contribution in [0.1, 0.15) is 74.9 Å². The molecule has 0 radical (unpaired) electrons. The van der Waals surface area contributed by atoms with Gasteiger partial charge in [-0.05, 0) is 121 Å². The van der Waals surface area contributed by atoms with Crippen LogP contribution in [0.5, 0.6) is 0 Å². The number of pyridine rings is 2. The van der Waals surface area contributed by atoms with Crippen LogP contribution in [0.4, 0.5) is 5.82 Å². The summed E-state index contributed by atoms with van der Waals surface area (Å²) in [7, 11) is -1.78. The molecular formula is C51H57BrCl2N6Si. The third-order valence-electron chi connectivity index (χ3n) is 11.6. The molecule has 0 fully saturated rings. The van der Waals surface area contributed by atoms with Crippen LogP contribution in [0.15, 0.2) is 151 Å². The fourth-order valence-corrected chi connectivity index (χ4v) is 16.2. The molecule has 0 saturated carbocycles. The fourth-order valence-electron chi connectivity index (χ4n) is 8.91. The van der Waals surface area contributed by atoms with Crippen LogP contribution >= 0.6 is 39.1 Å². The number of hydrogen-bond acceptors (Lipinski definition) is 4. The number of rotatable bonds is 12. The summed E-state index contributed by atoms with van der Waals surface area (Å²) in [4.78, 5) is 12.3. The second kappa shape index (κ2) is 21.4. The zero-order valence-corrected chi connectivity index (χ0v) is 40.1. The van der Waals surface area contributed by atoms with E-state index in [1.807, 2.05) is 79.1 Å². The topological polar surface area (TPSA) is 84.5 Å². The number of nitrogens with zero attached hydrogens (tertiary/aromatic N) is 3. The van der Waals surface area contributed by atoms with E-state index < -0.39 is 8.24 Å². The van der Waals surface area contributed by atoms with Crippen molar-refractivity contribution < 1.29 is 0 Å². The molecule has 61 heavy (non-hydrogen) atoms. The summed E-state index contributed by atoms with van der Waals surface area (Å²) in [6.07, 6.45) is 10.3. The van der Waals surface area contributed by atoms with Crippen LogP contribution in [0.2, 0.25) is 26.7 Å². The van der Waals surface area contributed by atoms with Gasteiger partial charge < -0.3 is 20.3 Å². The minimum atomic E-state index is -1.78.